The summed E-state index contributed by atoms with van der Waals surface area (Å²) in [6.45, 7) is 3.47. The quantitative estimate of drug-likeness (QED) is 0.881. The highest BCUT2D eigenvalue weighted by Crippen LogP contribution is 2.17. The molecule has 0 radical (unpaired) electrons. The zero-order valence-corrected chi connectivity index (χ0v) is 14.7. The third kappa shape index (κ3) is 4.68. The van der Waals surface area contributed by atoms with Crippen LogP contribution < -0.4 is 5.32 Å². The van der Waals surface area contributed by atoms with Crippen LogP contribution in [0.15, 0.2) is 17.5 Å². The molecule has 128 valence electrons. The molecular weight excluding hydrogens is 334 g/mol. The van der Waals surface area contributed by atoms with Crippen molar-refractivity contribution < 1.29 is 13.2 Å². The highest BCUT2D eigenvalue weighted by molar-refractivity contribution is 7.91. The van der Waals surface area contributed by atoms with E-state index in [-0.39, 0.29) is 23.6 Å². The van der Waals surface area contributed by atoms with E-state index in [0.717, 1.165) is 32.5 Å². The minimum absolute atomic E-state index is 0.0790. The van der Waals surface area contributed by atoms with Crippen molar-refractivity contribution in [3.05, 3.63) is 22.4 Å². The average Bonchev–Trinajstić information content (AvgIpc) is 3.00. The second-order valence-electron chi connectivity index (χ2n) is 6.24. The van der Waals surface area contributed by atoms with Crippen LogP contribution >= 0.6 is 11.3 Å². The minimum Gasteiger partial charge on any atom is -0.334 e. The molecule has 6 nitrogen and oxygen atoms in total. The largest absolute Gasteiger partial charge is 0.334 e. The van der Waals surface area contributed by atoms with E-state index in [1.807, 2.05) is 0 Å². The lowest BCUT2D eigenvalue weighted by Crippen LogP contribution is -2.54. The summed E-state index contributed by atoms with van der Waals surface area (Å²) in [5.74, 6) is 0.158. The van der Waals surface area contributed by atoms with Gasteiger partial charge in [-0.2, -0.15) is 0 Å². The van der Waals surface area contributed by atoms with Gasteiger partial charge in [0.1, 0.15) is 0 Å². The summed E-state index contributed by atoms with van der Waals surface area (Å²) >= 11 is 1.76. The molecule has 23 heavy (non-hydrogen) atoms. The topological polar surface area (TPSA) is 69.7 Å². The molecule has 1 aromatic heterocycles. The van der Waals surface area contributed by atoms with Gasteiger partial charge in [-0.15, -0.1) is 11.3 Å². The van der Waals surface area contributed by atoms with Crippen LogP contribution in [-0.4, -0.2) is 68.0 Å². The first-order valence-corrected chi connectivity index (χ1v) is 10.7. The molecule has 2 fully saturated rings. The summed E-state index contributed by atoms with van der Waals surface area (Å²) < 4.78 is 22.9. The Labute approximate surface area is 141 Å². The Morgan fingerprint density at radius 3 is 2.78 bits per heavy atom. The molecule has 1 atom stereocenters. The van der Waals surface area contributed by atoms with Crippen molar-refractivity contribution in [3.63, 3.8) is 0 Å². The molecule has 1 aromatic rings. The Kier molecular flexibility index (Phi) is 5.23. The van der Waals surface area contributed by atoms with Crippen LogP contribution in [0.3, 0.4) is 0 Å². The van der Waals surface area contributed by atoms with E-state index in [1.54, 1.807) is 16.2 Å². The van der Waals surface area contributed by atoms with Crippen LogP contribution in [0.1, 0.15) is 17.7 Å². The SMILES string of the molecule is O=C(N[C@H]1CCCN(Cc2cccs2)C1)N1CCS(=O)(=O)CC1. The van der Waals surface area contributed by atoms with Gasteiger partial charge in [-0.25, -0.2) is 13.2 Å². The predicted octanol–water partition coefficient (Wildman–Crippen LogP) is 1.15. The number of carbonyl (C=O) groups is 1. The van der Waals surface area contributed by atoms with Crippen LogP contribution in [0.25, 0.3) is 0 Å². The molecule has 1 N–H and O–H groups in total. The van der Waals surface area contributed by atoms with Gasteiger partial charge < -0.3 is 10.2 Å². The molecule has 2 aliphatic heterocycles. The number of hydrogen-bond acceptors (Lipinski definition) is 5. The molecule has 2 amide bonds. The van der Waals surface area contributed by atoms with Crippen molar-refractivity contribution >= 4 is 27.2 Å². The summed E-state index contributed by atoms with van der Waals surface area (Å²) in [4.78, 5) is 17.7. The number of thiophene rings is 1. The number of rotatable bonds is 3. The molecule has 0 bridgehead atoms. The number of amides is 2. The third-order valence-electron chi connectivity index (χ3n) is 4.42. The van der Waals surface area contributed by atoms with E-state index in [0.29, 0.717) is 13.1 Å². The van der Waals surface area contributed by atoms with Gasteiger partial charge in [0.25, 0.3) is 0 Å². The Bertz CT molecular complexity index is 616. The fourth-order valence-corrected chi connectivity index (χ4v) is 5.07. The van der Waals surface area contributed by atoms with Crippen LogP contribution in [0.5, 0.6) is 0 Å². The van der Waals surface area contributed by atoms with Crippen LogP contribution in [-0.2, 0) is 16.4 Å². The van der Waals surface area contributed by atoms with Crippen molar-refractivity contribution in [2.24, 2.45) is 0 Å². The highest BCUT2D eigenvalue weighted by Gasteiger charge is 2.28. The van der Waals surface area contributed by atoms with Gasteiger partial charge in [0.2, 0.25) is 0 Å². The number of piperidine rings is 1. The highest BCUT2D eigenvalue weighted by atomic mass is 32.2. The third-order valence-corrected chi connectivity index (χ3v) is 6.89. The summed E-state index contributed by atoms with van der Waals surface area (Å²) in [7, 11) is -2.95. The molecule has 0 spiro atoms. The monoisotopic (exact) mass is 357 g/mol. The molecule has 2 aliphatic rings. The van der Waals surface area contributed by atoms with Gasteiger partial charge in [-0.05, 0) is 30.8 Å². The number of nitrogens with one attached hydrogen (secondary N) is 1. The summed E-state index contributed by atoms with van der Waals surface area (Å²) in [5, 5.41) is 5.17. The zero-order chi connectivity index (χ0) is 16.3. The Balaban J connectivity index is 1.48. The Morgan fingerprint density at radius 1 is 1.30 bits per heavy atom. The van der Waals surface area contributed by atoms with E-state index < -0.39 is 9.84 Å². The number of hydrogen-bond donors (Lipinski definition) is 1. The van der Waals surface area contributed by atoms with Crippen molar-refractivity contribution in [1.29, 1.82) is 0 Å². The first kappa shape index (κ1) is 16.7. The number of likely N-dealkylation sites (tertiary alicyclic amines) is 1. The maximum Gasteiger partial charge on any atom is 0.317 e. The van der Waals surface area contributed by atoms with E-state index in [9.17, 15) is 13.2 Å². The zero-order valence-electron chi connectivity index (χ0n) is 13.1. The van der Waals surface area contributed by atoms with E-state index in [1.165, 1.54) is 4.88 Å². The van der Waals surface area contributed by atoms with E-state index in [2.05, 4.69) is 27.7 Å². The van der Waals surface area contributed by atoms with Crippen molar-refractivity contribution in [3.8, 4) is 0 Å². The van der Waals surface area contributed by atoms with Gasteiger partial charge in [0, 0.05) is 37.1 Å². The number of urea groups is 1. The average molecular weight is 358 g/mol. The van der Waals surface area contributed by atoms with Gasteiger partial charge in [-0.1, -0.05) is 6.07 Å². The Morgan fingerprint density at radius 2 is 2.09 bits per heavy atom. The molecule has 0 saturated carbocycles. The molecule has 0 unspecified atom stereocenters. The molecule has 2 saturated heterocycles. The predicted molar refractivity (Wildman–Crippen MR) is 91.4 cm³/mol. The number of sulfone groups is 1. The van der Waals surface area contributed by atoms with Crippen LogP contribution in [0.4, 0.5) is 4.79 Å². The lowest BCUT2D eigenvalue weighted by molar-refractivity contribution is 0.166. The second kappa shape index (κ2) is 7.19. The number of carbonyl (C=O) groups excluding carboxylic acids is 1. The lowest BCUT2D eigenvalue weighted by atomic mass is 10.1. The first-order valence-electron chi connectivity index (χ1n) is 8.02. The van der Waals surface area contributed by atoms with Gasteiger partial charge >= 0.3 is 6.03 Å². The van der Waals surface area contributed by atoms with Gasteiger partial charge in [0.15, 0.2) is 9.84 Å². The van der Waals surface area contributed by atoms with Crippen molar-refractivity contribution in [2.45, 2.75) is 25.4 Å². The molecule has 0 aliphatic carbocycles. The Hall–Kier alpha value is -1.12. The van der Waals surface area contributed by atoms with Gasteiger partial charge in [0.05, 0.1) is 11.5 Å². The summed E-state index contributed by atoms with van der Waals surface area (Å²) in [5.41, 5.74) is 0. The number of nitrogens with zero attached hydrogens (tertiary/aromatic N) is 2. The standard InChI is InChI=1S/C15H23N3O3S2/c19-15(18-6-9-23(20,21)10-7-18)16-13-3-1-5-17(11-13)12-14-4-2-8-22-14/h2,4,8,13H,1,3,5-7,9-12H2,(H,16,19)/t13-/m0/s1. The fourth-order valence-electron chi connectivity index (χ4n) is 3.12. The summed E-state index contributed by atoms with van der Waals surface area (Å²) in [6.07, 6.45) is 2.06. The van der Waals surface area contributed by atoms with Crippen LogP contribution in [0, 0.1) is 0 Å². The van der Waals surface area contributed by atoms with Crippen LogP contribution in [0.2, 0.25) is 0 Å². The van der Waals surface area contributed by atoms with Gasteiger partial charge in [-0.3, -0.25) is 4.90 Å². The molecule has 3 heterocycles. The summed E-state index contributed by atoms with van der Waals surface area (Å²) in [6, 6.07) is 4.23. The maximum absolute atomic E-state index is 12.3. The first-order chi connectivity index (χ1) is 11.0. The van der Waals surface area contributed by atoms with E-state index in [4.69, 9.17) is 0 Å². The molecule has 0 aromatic carbocycles. The van der Waals surface area contributed by atoms with Crippen molar-refractivity contribution in [2.75, 3.05) is 37.7 Å². The van der Waals surface area contributed by atoms with Crippen molar-refractivity contribution in [1.82, 2.24) is 15.1 Å². The second-order valence-corrected chi connectivity index (χ2v) is 9.58. The van der Waals surface area contributed by atoms with E-state index >= 15 is 0 Å². The normalized spacial score (nSPS) is 25.2. The fraction of sp³-hybridized carbons (Fsp3) is 0.667. The maximum atomic E-state index is 12.3. The minimum atomic E-state index is -2.95. The molecular formula is C15H23N3O3S2. The molecule has 3 rings (SSSR count). The smallest absolute Gasteiger partial charge is 0.317 e. The lowest BCUT2D eigenvalue weighted by Gasteiger charge is -2.35. The molecule has 8 heteroatoms.